The maximum atomic E-state index is 2.47. The fourth-order valence-corrected chi connectivity index (χ4v) is 9.54. The molecule has 0 aliphatic heterocycles. The molecule has 1 aliphatic carbocycles. The van der Waals surface area contributed by atoms with Crippen molar-refractivity contribution in [2.45, 2.75) is 19.3 Å². The zero-order chi connectivity index (χ0) is 40.2. The van der Waals surface area contributed by atoms with Gasteiger partial charge in [-0.2, -0.15) is 0 Å². The van der Waals surface area contributed by atoms with E-state index in [0.717, 1.165) is 11.4 Å². The second-order valence-corrected chi connectivity index (χ2v) is 16.5. The summed E-state index contributed by atoms with van der Waals surface area (Å²) < 4.78 is 0. The number of fused-ring (bicyclic) bond motifs is 5. The first-order chi connectivity index (χ1) is 29.5. The second kappa shape index (κ2) is 14.4. The second-order valence-electron chi connectivity index (χ2n) is 16.5. The number of hydrogen-bond acceptors (Lipinski definition) is 1. The summed E-state index contributed by atoms with van der Waals surface area (Å²) in [6.45, 7) is 4.72. The van der Waals surface area contributed by atoms with Crippen molar-refractivity contribution in [3.8, 4) is 55.6 Å². The summed E-state index contributed by atoms with van der Waals surface area (Å²) in [7, 11) is 0. The number of rotatable bonds is 7. The van der Waals surface area contributed by atoms with Gasteiger partial charge in [0.1, 0.15) is 0 Å². The van der Waals surface area contributed by atoms with Crippen LogP contribution < -0.4 is 4.90 Å². The third-order valence-corrected chi connectivity index (χ3v) is 12.7. The van der Waals surface area contributed by atoms with Crippen LogP contribution in [0.25, 0.3) is 77.2 Å². The third kappa shape index (κ3) is 6.10. The molecule has 60 heavy (non-hydrogen) atoms. The van der Waals surface area contributed by atoms with Crippen LogP contribution in [-0.2, 0) is 5.41 Å². The standard InChI is InChI=1S/C59H43N/c1-59(2)55-24-8-7-22-54(55)58-56(59)25-12-26-57(58)60(50-19-9-17-47(38-50)41-27-29-43(30-28-41)49-36-33-40-13-3-4-15-46(40)37-49)51-20-10-18-48(39-51)42-31-34-45(35-32-42)53-23-11-16-44-14-5-6-21-52(44)53/h3-39H,1-2H3. The van der Waals surface area contributed by atoms with Gasteiger partial charge in [0.05, 0.1) is 5.69 Å². The summed E-state index contributed by atoms with van der Waals surface area (Å²) in [5, 5.41) is 5.05. The quantitative estimate of drug-likeness (QED) is 0.156. The maximum absolute atomic E-state index is 2.47. The molecule has 0 atom stereocenters. The Balaban J connectivity index is 1.01. The molecular weight excluding hydrogens is 723 g/mol. The summed E-state index contributed by atoms with van der Waals surface area (Å²) in [6.07, 6.45) is 0. The molecule has 0 amide bonds. The van der Waals surface area contributed by atoms with Gasteiger partial charge < -0.3 is 4.90 Å². The summed E-state index contributed by atoms with van der Waals surface area (Å²) in [6, 6.07) is 82.4. The molecule has 284 valence electrons. The Morgan fingerprint density at radius 3 is 1.50 bits per heavy atom. The predicted octanol–water partition coefficient (Wildman–Crippen LogP) is 16.4. The third-order valence-electron chi connectivity index (χ3n) is 12.7. The molecular formula is C59H43N. The molecule has 0 heterocycles. The van der Waals surface area contributed by atoms with E-state index in [1.165, 1.54) is 94.0 Å². The summed E-state index contributed by atoms with van der Waals surface area (Å²) >= 11 is 0. The number of anilines is 3. The molecule has 0 bridgehead atoms. The van der Waals surface area contributed by atoms with Crippen LogP contribution >= 0.6 is 0 Å². The fraction of sp³-hybridized carbons (Fsp3) is 0.0508. The molecule has 0 saturated carbocycles. The van der Waals surface area contributed by atoms with Crippen LogP contribution in [0.2, 0.25) is 0 Å². The molecule has 1 heteroatoms. The zero-order valence-electron chi connectivity index (χ0n) is 33.8. The minimum absolute atomic E-state index is 0.115. The monoisotopic (exact) mass is 765 g/mol. The summed E-state index contributed by atoms with van der Waals surface area (Å²) in [4.78, 5) is 2.47. The Labute approximate surface area is 352 Å². The Hall–Kier alpha value is -7.48. The van der Waals surface area contributed by atoms with Crippen LogP contribution in [0.1, 0.15) is 25.0 Å². The van der Waals surface area contributed by atoms with Gasteiger partial charge in [0.15, 0.2) is 0 Å². The molecule has 11 rings (SSSR count). The van der Waals surface area contributed by atoms with Gasteiger partial charge in [-0.15, -0.1) is 0 Å². The summed E-state index contributed by atoms with van der Waals surface area (Å²) in [5.74, 6) is 0. The highest BCUT2D eigenvalue weighted by atomic mass is 15.1. The molecule has 0 N–H and O–H groups in total. The van der Waals surface area contributed by atoms with E-state index in [0.29, 0.717) is 0 Å². The van der Waals surface area contributed by atoms with Crippen LogP contribution in [-0.4, -0.2) is 0 Å². The predicted molar refractivity (Wildman–Crippen MR) is 255 cm³/mol. The van der Waals surface area contributed by atoms with Crippen LogP contribution in [0.3, 0.4) is 0 Å². The minimum Gasteiger partial charge on any atom is -0.310 e. The van der Waals surface area contributed by atoms with E-state index in [1.807, 2.05) is 0 Å². The first-order valence-corrected chi connectivity index (χ1v) is 20.9. The Morgan fingerprint density at radius 2 is 0.800 bits per heavy atom. The van der Waals surface area contributed by atoms with E-state index in [2.05, 4.69) is 243 Å². The molecule has 1 aliphatic rings. The van der Waals surface area contributed by atoms with E-state index < -0.39 is 0 Å². The largest absolute Gasteiger partial charge is 0.310 e. The van der Waals surface area contributed by atoms with Crippen molar-refractivity contribution in [2.75, 3.05) is 4.90 Å². The lowest BCUT2D eigenvalue weighted by Crippen LogP contribution is -2.16. The van der Waals surface area contributed by atoms with Crippen molar-refractivity contribution in [3.05, 3.63) is 236 Å². The molecule has 10 aromatic carbocycles. The van der Waals surface area contributed by atoms with Gasteiger partial charge in [0.25, 0.3) is 0 Å². The topological polar surface area (TPSA) is 3.24 Å². The van der Waals surface area contributed by atoms with Crippen molar-refractivity contribution in [1.29, 1.82) is 0 Å². The molecule has 10 aromatic rings. The van der Waals surface area contributed by atoms with Gasteiger partial charge in [0, 0.05) is 22.4 Å². The molecule has 1 nitrogen and oxygen atoms in total. The average Bonchev–Trinajstić information content (AvgIpc) is 3.55. The van der Waals surface area contributed by atoms with Crippen molar-refractivity contribution in [1.82, 2.24) is 0 Å². The van der Waals surface area contributed by atoms with Crippen LogP contribution in [0.5, 0.6) is 0 Å². The minimum atomic E-state index is -0.115. The highest BCUT2D eigenvalue weighted by molar-refractivity contribution is 5.98. The lowest BCUT2D eigenvalue weighted by molar-refractivity contribution is 0.660. The van der Waals surface area contributed by atoms with Crippen LogP contribution in [0.4, 0.5) is 17.1 Å². The van der Waals surface area contributed by atoms with Gasteiger partial charge >= 0.3 is 0 Å². The van der Waals surface area contributed by atoms with E-state index in [1.54, 1.807) is 0 Å². The van der Waals surface area contributed by atoms with Crippen molar-refractivity contribution in [3.63, 3.8) is 0 Å². The van der Waals surface area contributed by atoms with Gasteiger partial charge in [-0.3, -0.25) is 0 Å². The van der Waals surface area contributed by atoms with E-state index in [4.69, 9.17) is 0 Å². The van der Waals surface area contributed by atoms with Gasteiger partial charge in [-0.25, -0.2) is 0 Å². The Kier molecular flexibility index (Phi) is 8.57. The van der Waals surface area contributed by atoms with Gasteiger partial charge in [-0.1, -0.05) is 202 Å². The lowest BCUT2D eigenvalue weighted by Gasteiger charge is -2.29. The molecule has 0 saturated heterocycles. The highest BCUT2D eigenvalue weighted by Crippen LogP contribution is 2.54. The number of benzene rings is 10. The SMILES string of the molecule is CC1(C)c2ccccc2-c2c(N(c3cccc(-c4ccc(-c5ccc6ccccc6c5)cc4)c3)c3cccc(-c4ccc(-c5cccc6ccccc56)cc4)c3)cccc21. The van der Waals surface area contributed by atoms with Gasteiger partial charge in [0.2, 0.25) is 0 Å². The first-order valence-electron chi connectivity index (χ1n) is 20.9. The Morgan fingerprint density at radius 1 is 0.317 bits per heavy atom. The van der Waals surface area contributed by atoms with Crippen molar-refractivity contribution >= 4 is 38.6 Å². The van der Waals surface area contributed by atoms with Crippen LogP contribution in [0.15, 0.2) is 224 Å². The lowest BCUT2D eigenvalue weighted by atomic mass is 9.82. The molecule has 0 fully saturated rings. The molecule has 0 unspecified atom stereocenters. The van der Waals surface area contributed by atoms with Crippen LogP contribution in [0, 0.1) is 0 Å². The summed E-state index contributed by atoms with van der Waals surface area (Å²) in [5.41, 5.74) is 18.3. The zero-order valence-corrected chi connectivity index (χ0v) is 33.8. The number of nitrogens with zero attached hydrogens (tertiary/aromatic N) is 1. The van der Waals surface area contributed by atoms with Crippen molar-refractivity contribution < 1.29 is 0 Å². The fourth-order valence-electron chi connectivity index (χ4n) is 9.54. The maximum Gasteiger partial charge on any atom is 0.0543 e. The molecule has 0 spiro atoms. The highest BCUT2D eigenvalue weighted by Gasteiger charge is 2.37. The molecule has 0 aromatic heterocycles. The van der Waals surface area contributed by atoms with Gasteiger partial charge in [-0.05, 0) is 119 Å². The number of hydrogen-bond donors (Lipinski definition) is 0. The van der Waals surface area contributed by atoms with Crippen molar-refractivity contribution in [2.24, 2.45) is 0 Å². The normalized spacial score (nSPS) is 12.6. The smallest absolute Gasteiger partial charge is 0.0543 e. The average molecular weight is 766 g/mol. The molecule has 0 radical (unpaired) electrons. The Bertz CT molecular complexity index is 3220. The van der Waals surface area contributed by atoms with E-state index in [9.17, 15) is 0 Å². The van der Waals surface area contributed by atoms with E-state index >= 15 is 0 Å². The van der Waals surface area contributed by atoms with E-state index in [-0.39, 0.29) is 5.41 Å². The first kappa shape index (κ1) is 35.7.